The van der Waals surface area contributed by atoms with Crippen molar-refractivity contribution in [2.45, 2.75) is 40.2 Å². The summed E-state index contributed by atoms with van der Waals surface area (Å²) < 4.78 is 12.0. The molecule has 0 saturated heterocycles. The van der Waals surface area contributed by atoms with Crippen molar-refractivity contribution in [2.75, 3.05) is 5.32 Å². The van der Waals surface area contributed by atoms with Crippen molar-refractivity contribution in [3.05, 3.63) is 59.1 Å². The molecule has 0 fully saturated rings. The molecule has 0 radical (unpaired) electrons. The fourth-order valence-corrected chi connectivity index (χ4v) is 2.84. The van der Waals surface area contributed by atoms with Crippen molar-refractivity contribution in [1.82, 2.24) is 14.9 Å². The van der Waals surface area contributed by atoms with E-state index in [0.29, 0.717) is 5.76 Å². The number of aromatic nitrogens is 3. The maximum absolute atomic E-state index is 12.4. The molecule has 2 aromatic heterocycles. The summed E-state index contributed by atoms with van der Waals surface area (Å²) in [6, 6.07) is 11.3. The summed E-state index contributed by atoms with van der Waals surface area (Å²) in [7, 11) is 0. The number of nitrogens with zero attached hydrogens (tertiary/aromatic N) is 3. The van der Waals surface area contributed by atoms with Crippen LogP contribution < -0.4 is 5.32 Å². The summed E-state index contributed by atoms with van der Waals surface area (Å²) in [5, 5.41) is 10.7. The van der Waals surface area contributed by atoms with E-state index < -0.39 is 18.0 Å². The maximum atomic E-state index is 12.4. The Hall–Kier alpha value is -3.42. The quantitative estimate of drug-likeness (QED) is 0.658. The van der Waals surface area contributed by atoms with E-state index in [1.165, 1.54) is 6.92 Å². The Morgan fingerprint density at radius 1 is 1.21 bits per heavy atom. The second-order valence-corrected chi connectivity index (χ2v) is 6.52. The third-order valence-corrected chi connectivity index (χ3v) is 4.32. The zero-order valence-electron chi connectivity index (χ0n) is 16.2. The molecule has 0 saturated carbocycles. The van der Waals surface area contributed by atoms with Crippen molar-refractivity contribution in [3.8, 4) is 5.69 Å². The number of carbonyl (C=O) groups excluding carboxylic acids is 2. The van der Waals surface area contributed by atoms with Gasteiger partial charge in [0, 0.05) is 17.3 Å². The molecule has 1 N–H and O–H groups in total. The van der Waals surface area contributed by atoms with Crippen LogP contribution in [-0.2, 0) is 20.7 Å². The molecule has 8 nitrogen and oxygen atoms in total. The lowest BCUT2D eigenvalue weighted by Gasteiger charge is -2.12. The molecule has 8 heteroatoms. The number of amides is 1. The molecule has 146 valence electrons. The highest BCUT2D eigenvalue weighted by molar-refractivity contribution is 5.94. The van der Waals surface area contributed by atoms with E-state index in [1.54, 1.807) is 17.7 Å². The Morgan fingerprint density at radius 2 is 1.93 bits per heavy atom. The number of anilines is 1. The normalized spacial score (nSPS) is 11.9. The number of aryl methyl sites for hydroxylation is 2. The number of esters is 1. The molecule has 0 aliphatic heterocycles. The number of ether oxygens (including phenoxy) is 1. The summed E-state index contributed by atoms with van der Waals surface area (Å²) in [5.41, 5.74) is 3.30. The average Bonchev–Trinajstić information content (AvgIpc) is 3.19. The number of hydrogen-bond acceptors (Lipinski definition) is 6. The molecule has 3 rings (SSSR count). The lowest BCUT2D eigenvalue weighted by atomic mass is 10.1. The predicted octanol–water partition coefficient (Wildman–Crippen LogP) is 2.90. The first kappa shape index (κ1) is 19.3. The topological polar surface area (TPSA) is 99.2 Å². The zero-order chi connectivity index (χ0) is 20.3. The molecule has 3 aromatic rings. The first-order chi connectivity index (χ1) is 13.3. The van der Waals surface area contributed by atoms with Gasteiger partial charge >= 0.3 is 5.97 Å². The molecule has 0 bridgehead atoms. The molecular formula is C20H22N4O4. The van der Waals surface area contributed by atoms with E-state index in [0.717, 1.165) is 22.6 Å². The molecular weight excluding hydrogens is 360 g/mol. The second kappa shape index (κ2) is 8.08. The van der Waals surface area contributed by atoms with Gasteiger partial charge in [0.25, 0.3) is 5.91 Å². The smallest absolute Gasteiger partial charge is 0.311 e. The van der Waals surface area contributed by atoms with Gasteiger partial charge in [-0.2, -0.15) is 5.10 Å². The van der Waals surface area contributed by atoms with Gasteiger partial charge in [-0.1, -0.05) is 23.4 Å². The van der Waals surface area contributed by atoms with Crippen molar-refractivity contribution >= 4 is 17.7 Å². The number of hydrogen-bond donors (Lipinski definition) is 1. The fraction of sp³-hybridized carbons (Fsp3) is 0.300. The number of nitrogens with one attached hydrogen (secondary N) is 1. The zero-order valence-corrected chi connectivity index (χ0v) is 16.2. The highest BCUT2D eigenvalue weighted by Crippen LogP contribution is 2.19. The van der Waals surface area contributed by atoms with Gasteiger partial charge in [0.15, 0.2) is 11.9 Å². The van der Waals surface area contributed by atoms with Gasteiger partial charge in [0.05, 0.1) is 17.8 Å². The van der Waals surface area contributed by atoms with Crippen molar-refractivity contribution < 1.29 is 18.8 Å². The van der Waals surface area contributed by atoms with Crippen LogP contribution in [0.1, 0.15) is 29.6 Å². The van der Waals surface area contributed by atoms with Crippen LogP contribution in [0.5, 0.6) is 0 Å². The van der Waals surface area contributed by atoms with E-state index in [2.05, 4.69) is 15.6 Å². The van der Waals surface area contributed by atoms with Gasteiger partial charge in [-0.25, -0.2) is 4.68 Å². The lowest BCUT2D eigenvalue weighted by Crippen LogP contribution is -2.30. The van der Waals surface area contributed by atoms with E-state index in [-0.39, 0.29) is 12.2 Å². The van der Waals surface area contributed by atoms with Gasteiger partial charge in [0.2, 0.25) is 0 Å². The predicted molar refractivity (Wildman–Crippen MR) is 102 cm³/mol. The van der Waals surface area contributed by atoms with Crippen LogP contribution >= 0.6 is 0 Å². The highest BCUT2D eigenvalue weighted by Gasteiger charge is 2.22. The second-order valence-electron chi connectivity index (χ2n) is 6.52. The van der Waals surface area contributed by atoms with Crippen LogP contribution in [0.3, 0.4) is 0 Å². The third-order valence-electron chi connectivity index (χ3n) is 4.32. The minimum Gasteiger partial charge on any atom is -0.452 e. The highest BCUT2D eigenvalue weighted by atomic mass is 16.5. The molecule has 1 atom stereocenters. The van der Waals surface area contributed by atoms with Crippen LogP contribution in [-0.4, -0.2) is 32.9 Å². The van der Waals surface area contributed by atoms with Gasteiger partial charge in [-0.05, 0) is 39.8 Å². The van der Waals surface area contributed by atoms with E-state index in [1.807, 2.05) is 44.2 Å². The van der Waals surface area contributed by atoms with Crippen molar-refractivity contribution in [1.29, 1.82) is 0 Å². The van der Waals surface area contributed by atoms with Crippen LogP contribution in [0, 0.1) is 20.8 Å². The molecule has 0 unspecified atom stereocenters. The first-order valence-electron chi connectivity index (χ1n) is 8.89. The maximum Gasteiger partial charge on any atom is 0.311 e. The van der Waals surface area contributed by atoms with E-state index in [9.17, 15) is 9.59 Å². The molecule has 28 heavy (non-hydrogen) atoms. The lowest BCUT2D eigenvalue weighted by molar-refractivity contribution is -0.152. The Bertz CT molecular complexity index is 991. The largest absolute Gasteiger partial charge is 0.452 e. The Balaban J connectivity index is 1.64. The average molecular weight is 382 g/mol. The molecule has 0 aliphatic carbocycles. The van der Waals surface area contributed by atoms with Crippen LogP contribution in [0.15, 0.2) is 40.9 Å². The molecule has 0 aliphatic rings. The van der Waals surface area contributed by atoms with Crippen LogP contribution in [0.2, 0.25) is 0 Å². The van der Waals surface area contributed by atoms with Gasteiger partial charge in [0.1, 0.15) is 5.76 Å². The molecule has 1 amide bonds. The Kier molecular flexibility index (Phi) is 5.58. The number of rotatable bonds is 6. The minimum atomic E-state index is -0.964. The third kappa shape index (κ3) is 4.28. The summed E-state index contributed by atoms with van der Waals surface area (Å²) >= 11 is 0. The summed E-state index contributed by atoms with van der Waals surface area (Å²) in [6.45, 7) is 6.97. The molecule has 0 spiro atoms. The van der Waals surface area contributed by atoms with E-state index in [4.69, 9.17) is 9.26 Å². The standard InChI is InChI=1S/C20H22N4O4/c1-12-10-18(23-28-12)21-20(26)15(4)27-19(25)11-17-13(2)22-24(14(17)3)16-8-6-5-7-9-16/h5-10,15H,11H2,1-4H3,(H,21,23,26)/t15-/m1/s1. The number of carbonyl (C=O) groups is 2. The Morgan fingerprint density at radius 3 is 2.57 bits per heavy atom. The molecule has 1 aromatic carbocycles. The van der Waals surface area contributed by atoms with Crippen LogP contribution in [0.4, 0.5) is 5.82 Å². The summed E-state index contributed by atoms with van der Waals surface area (Å²) in [6.07, 6.45) is -0.931. The first-order valence-corrected chi connectivity index (χ1v) is 8.89. The van der Waals surface area contributed by atoms with Gasteiger partial charge < -0.3 is 14.6 Å². The Labute approximate surface area is 162 Å². The fourth-order valence-electron chi connectivity index (χ4n) is 2.84. The monoisotopic (exact) mass is 382 g/mol. The number of para-hydroxylation sites is 1. The minimum absolute atomic E-state index is 0.0329. The van der Waals surface area contributed by atoms with Crippen LogP contribution in [0.25, 0.3) is 5.69 Å². The number of benzene rings is 1. The summed E-state index contributed by atoms with van der Waals surface area (Å²) in [5.74, 6) is -0.129. The van der Waals surface area contributed by atoms with Crippen molar-refractivity contribution in [3.63, 3.8) is 0 Å². The SMILES string of the molecule is Cc1cc(NC(=O)[C@@H](C)OC(=O)Cc2c(C)nn(-c3ccccc3)c2C)no1. The summed E-state index contributed by atoms with van der Waals surface area (Å²) in [4.78, 5) is 24.5. The van der Waals surface area contributed by atoms with Crippen molar-refractivity contribution in [2.24, 2.45) is 0 Å². The van der Waals surface area contributed by atoms with E-state index >= 15 is 0 Å². The molecule has 2 heterocycles. The van der Waals surface area contributed by atoms with Gasteiger partial charge in [-0.3, -0.25) is 9.59 Å². The van der Waals surface area contributed by atoms with Gasteiger partial charge in [-0.15, -0.1) is 0 Å².